The summed E-state index contributed by atoms with van der Waals surface area (Å²) in [4.78, 5) is 4.08. The minimum Gasteiger partial charge on any atom is -0.319 e. The van der Waals surface area contributed by atoms with E-state index in [1.165, 1.54) is 18.2 Å². The van der Waals surface area contributed by atoms with E-state index in [1.54, 1.807) is 25.3 Å². The van der Waals surface area contributed by atoms with Crippen LogP contribution in [0.3, 0.4) is 0 Å². The average Bonchev–Trinajstić information content (AvgIpc) is 2.29. The molecule has 1 unspecified atom stereocenters. The Morgan fingerprint density at radius 3 is 2.35 bits per heavy atom. The zero-order chi connectivity index (χ0) is 12.4. The van der Waals surface area contributed by atoms with Crippen molar-refractivity contribution < 1.29 is 8.78 Å². The van der Waals surface area contributed by atoms with Crippen molar-refractivity contribution in [3.63, 3.8) is 0 Å². The number of hydrogen-bond donors (Lipinski definition) is 1. The van der Waals surface area contributed by atoms with Crippen LogP contribution in [0.25, 0.3) is 0 Å². The van der Waals surface area contributed by atoms with Crippen LogP contribution in [0.4, 0.5) is 8.78 Å². The van der Waals surface area contributed by atoms with Crippen molar-refractivity contribution in [1.82, 2.24) is 4.98 Å². The number of pyridine rings is 1. The predicted molar refractivity (Wildman–Crippen MR) is 61.4 cm³/mol. The Bertz CT molecular complexity index is 520. The third-order valence-electron chi connectivity index (χ3n) is 2.66. The number of benzene rings is 1. The van der Waals surface area contributed by atoms with Gasteiger partial charge in [0.25, 0.3) is 0 Å². The SMILES string of the molecule is Cc1cccnc1C(N)c1c(F)cccc1F. The lowest BCUT2D eigenvalue weighted by Gasteiger charge is -2.15. The second-order valence-electron chi connectivity index (χ2n) is 3.82. The summed E-state index contributed by atoms with van der Waals surface area (Å²) in [7, 11) is 0. The van der Waals surface area contributed by atoms with Crippen molar-refractivity contribution in [2.45, 2.75) is 13.0 Å². The van der Waals surface area contributed by atoms with Crippen LogP contribution in [-0.2, 0) is 0 Å². The average molecular weight is 234 g/mol. The van der Waals surface area contributed by atoms with Crippen molar-refractivity contribution >= 4 is 0 Å². The van der Waals surface area contributed by atoms with Gasteiger partial charge >= 0.3 is 0 Å². The largest absolute Gasteiger partial charge is 0.319 e. The summed E-state index contributed by atoms with van der Waals surface area (Å²) in [5.74, 6) is -1.30. The molecule has 1 atom stereocenters. The second-order valence-corrected chi connectivity index (χ2v) is 3.82. The van der Waals surface area contributed by atoms with E-state index in [2.05, 4.69) is 4.98 Å². The molecule has 2 nitrogen and oxygen atoms in total. The van der Waals surface area contributed by atoms with Gasteiger partial charge in [0.15, 0.2) is 0 Å². The molecule has 0 bridgehead atoms. The molecule has 1 aromatic carbocycles. The minimum absolute atomic E-state index is 0.144. The van der Waals surface area contributed by atoms with Gasteiger partial charge in [0, 0.05) is 11.8 Å². The molecule has 0 saturated heterocycles. The van der Waals surface area contributed by atoms with E-state index >= 15 is 0 Å². The molecule has 0 spiro atoms. The monoisotopic (exact) mass is 234 g/mol. The standard InChI is InChI=1S/C13H12F2N2/c1-8-4-3-7-17-13(8)12(16)11-9(14)5-2-6-10(11)15/h2-7,12H,16H2,1H3. The van der Waals surface area contributed by atoms with Gasteiger partial charge in [-0.25, -0.2) is 8.78 Å². The highest BCUT2D eigenvalue weighted by atomic mass is 19.1. The lowest BCUT2D eigenvalue weighted by Crippen LogP contribution is -2.18. The summed E-state index contributed by atoms with van der Waals surface area (Å²) < 4.78 is 27.1. The Balaban J connectivity index is 2.51. The molecule has 17 heavy (non-hydrogen) atoms. The van der Waals surface area contributed by atoms with Gasteiger partial charge in [0.05, 0.1) is 11.7 Å². The second kappa shape index (κ2) is 4.59. The highest BCUT2D eigenvalue weighted by Crippen LogP contribution is 2.25. The third-order valence-corrected chi connectivity index (χ3v) is 2.66. The normalized spacial score (nSPS) is 12.5. The maximum atomic E-state index is 13.6. The summed E-state index contributed by atoms with van der Waals surface area (Å²) in [5, 5.41) is 0. The smallest absolute Gasteiger partial charge is 0.131 e. The number of hydrogen-bond acceptors (Lipinski definition) is 2. The molecule has 1 aromatic heterocycles. The number of halogens is 2. The maximum Gasteiger partial charge on any atom is 0.131 e. The van der Waals surface area contributed by atoms with Crippen LogP contribution >= 0.6 is 0 Å². The maximum absolute atomic E-state index is 13.6. The van der Waals surface area contributed by atoms with Crippen LogP contribution < -0.4 is 5.73 Å². The molecule has 88 valence electrons. The van der Waals surface area contributed by atoms with E-state index in [1.807, 2.05) is 0 Å². The topological polar surface area (TPSA) is 38.9 Å². The summed E-state index contributed by atoms with van der Waals surface area (Å²) in [5.41, 5.74) is 7.02. The van der Waals surface area contributed by atoms with Crippen molar-refractivity contribution in [2.24, 2.45) is 5.73 Å². The van der Waals surface area contributed by atoms with Crippen LogP contribution in [0.1, 0.15) is 22.9 Å². The molecule has 2 aromatic rings. The Kier molecular flexibility index (Phi) is 3.15. The minimum atomic E-state index is -0.891. The molecule has 1 heterocycles. The molecule has 0 radical (unpaired) electrons. The molecular formula is C13H12F2N2. The lowest BCUT2D eigenvalue weighted by atomic mass is 10.00. The fraction of sp³-hybridized carbons (Fsp3) is 0.154. The van der Waals surface area contributed by atoms with Crippen LogP contribution in [0.2, 0.25) is 0 Å². The van der Waals surface area contributed by atoms with Crippen LogP contribution in [0.5, 0.6) is 0 Å². The quantitative estimate of drug-likeness (QED) is 0.867. The molecule has 0 aliphatic carbocycles. The van der Waals surface area contributed by atoms with Gasteiger partial charge in [0.1, 0.15) is 11.6 Å². The van der Waals surface area contributed by atoms with E-state index < -0.39 is 17.7 Å². The predicted octanol–water partition coefficient (Wildman–Crippen LogP) is 2.72. The van der Waals surface area contributed by atoms with E-state index in [9.17, 15) is 8.78 Å². The van der Waals surface area contributed by atoms with Gasteiger partial charge in [-0.1, -0.05) is 12.1 Å². The fourth-order valence-electron chi connectivity index (χ4n) is 1.77. The van der Waals surface area contributed by atoms with E-state index in [4.69, 9.17) is 5.73 Å². The molecule has 0 aliphatic rings. The third kappa shape index (κ3) is 2.17. The van der Waals surface area contributed by atoms with Crippen molar-refractivity contribution in [3.05, 3.63) is 65.0 Å². The highest BCUT2D eigenvalue weighted by molar-refractivity contribution is 5.33. The first-order chi connectivity index (χ1) is 8.11. The van der Waals surface area contributed by atoms with Gasteiger partial charge in [-0.2, -0.15) is 0 Å². The van der Waals surface area contributed by atoms with Gasteiger partial charge in [-0.05, 0) is 30.7 Å². The fourth-order valence-corrected chi connectivity index (χ4v) is 1.77. The molecule has 2 N–H and O–H groups in total. The number of rotatable bonds is 2. The van der Waals surface area contributed by atoms with Gasteiger partial charge in [0.2, 0.25) is 0 Å². The number of nitrogens with zero attached hydrogens (tertiary/aromatic N) is 1. The van der Waals surface area contributed by atoms with Gasteiger partial charge in [-0.15, -0.1) is 0 Å². The number of aromatic nitrogens is 1. The van der Waals surface area contributed by atoms with E-state index in [0.717, 1.165) is 5.56 Å². The Labute approximate surface area is 98.1 Å². The van der Waals surface area contributed by atoms with Crippen LogP contribution in [-0.4, -0.2) is 4.98 Å². The van der Waals surface area contributed by atoms with E-state index in [0.29, 0.717) is 5.69 Å². The first kappa shape index (κ1) is 11.7. The van der Waals surface area contributed by atoms with E-state index in [-0.39, 0.29) is 5.56 Å². The highest BCUT2D eigenvalue weighted by Gasteiger charge is 2.20. The molecule has 0 saturated carbocycles. The summed E-state index contributed by atoms with van der Waals surface area (Å²) in [6, 6.07) is 6.36. The zero-order valence-electron chi connectivity index (χ0n) is 9.32. The Hall–Kier alpha value is -1.81. The molecule has 0 fully saturated rings. The Morgan fingerprint density at radius 1 is 1.12 bits per heavy atom. The summed E-state index contributed by atoms with van der Waals surface area (Å²) >= 11 is 0. The van der Waals surface area contributed by atoms with Crippen LogP contribution in [0, 0.1) is 18.6 Å². The molecule has 0 aliphatic heterocycles. The lowest BCUT2D eigenvalue weighted by molar-refractivity contribution is 0.540. The van der Waals surface area contributed by atoms with Crippen molar-refractivity contribution in [2.75, 3.05) is 0 Å². The van der Waals surface area contributed by atoms with Gasteiger partial charge in [-0.3, -0.25) is 4.98 Å². The molecular weight excluding hydrogens is 222 g/mol. The Morgan fingerprint density at radius 2 is 1.76 bits per heavy atom. The molecule has 4 heteroatoms. The zero-order valence-corrected chi connectivity index (χ0v) is 9.32. The van der Waals surface area contributed by atoms with Crippen LogP contribution in [0.15, 0.2) is 36.5 Å². The van der Waals surface area contributed by atoms with Crippen molar-refractivity contribution in [3.8, 4) is 0 Å². The van der Waals surface area contributed by atoms with Gasteiger partial charge < -0.3 is 5.73 Å². The summed E-state index contributed by atoms with van der Waals surface area (Å²) in [6.07, 6.45) is 1.56. The molecule has 2 rings (SSSR count). The van der Waals surface area contributed by atoms with Crippen molar-refractivity contribution in [1.29, 1.82) is 0 Å². The first-order valence-electron chi connectivity index (χ1n) is 5.22. The number of nitrogens with two attached hydrogens (primary N) is 1. The summed E-state index contributed by atoms with van der Waals surface area (Å²) in [6.45, 7) is 1.81. The molecule has 0 amide bonds. The first-order valence-corrected chi connectivity index (χ1v) is 5.22. The number of aryl methyl sites for hydroxylation is 1.